The van der Waals surface area contributed by atoms with Crippen LogP contribution in [0.4, 0.5) is 0 Å². The van der Waals surface area contributed by atoms with Gasteiger partial charge < -0.3 is 30.3 Å². The van der Waals surface area contributed by atoms with Crippen molar-refractivity contribution in [2.24, 2.45) is 0 Å². The molecule has 0 bridgehead atoms. The van der Waals surface area contributed by atoms with Crippen LogP contribution < -0.4 is 0 Å². The first-order valence-electron chi connectivity index (χ1n) is 3.56. The fourth-order valence-corrected chi connectivity index (χ4v) is 1.08. The number of hydrogen-bond acceptors (Lipinski definition) is 6. The second-order valence-electron chi connectivity index (χ2n) is 2.72. The Labute approximate surface area is 100 Å². The van der Waals surface area contributed by atoms with Crippen molar-refractivity contribution >= 4 is 0 Å². The van der Waals surface area contributed by atoms with E-state index in [0.29, 0.717) is 0 Å². The summed E-state index contributed by atoms with van der Waals surface area (Å²) in [6.07, 6.45) is -7.04. The molecular formula is C6H12O6Y. The molecule has 5 unspecified atom stereocenters. The van der Waals surface area contributed by atoms with Gasteiger partial charge in [0.2, 0.25) is 0 Å². The van der Waals surface area contributed by atoms with Crippen LogP contribution in [-0.4, -0.2) is 62.8 Å². The van der Waals surface area contributed by atoms with Crippen molar-refractivity contribution < 1.29 is 63.0 Å². The monoisotopic (exact) mass is 269 g/mol. The fourth-order valence-electron chi connectivity index (χ4n) is 1.08. The van der Waals surface area contributed by atoms with Gasteiger partial charge >= 0.3 is 0 Å². The summed E-state index contributed by atoms with van der Waals surface area (Å²) in [5.41, 5.74) is 0. The Balaban J connectivity index is 0.00000144. The normalized spacial score (nSPS) is 45.5. The van der Waals surface area contributed by atoms with E-state index in [2.05, 4.69) is 4.74 Å². The van der Waals surface area contributed by atoms with Crippen LogP contribution in [0, 0.1) is 0 Å². The summed E-state index contributed by atoms with van der Waals surface area (Å²) in [6, 6.07) is 0. The van der Waals surface area contributed by atoms with E-state index in [1.54, 1.807) is 0 Å². The SMILES string of the molecule is OCC1OC(O)C(O)C(O)C1O.[Y]. The Bertz CT molecular complexity index is 151. The zero-order valence-corrected chi connectivity index (χ0v) is 9.65. The maximum Gasteiger partial charge on any atom is 0.184 e. The second-order valence-corrected chi connectivity index (χ2v) is 2.72. The van der Waals surface area contributed by atoms with Gasteiger partial charge in [-0.3, -0.25) is 0 Å². The molecule has 7 heteroatoms. The van der Waals surface area contributed by atoms with Crippen LogP contribution in [0.25, 0.3) is 0 Å². The molecule has 1 aliphatic rings. The zero-order valence-electron chi connectivity index (χ0n) is 6.82. The first kappa shape index (κ1) is 13.9. The molecule has 1 saturated heterocycles. The molecule has 1 rings (SSSR count). The Hall–Kier alpha value is 0.864. The minimum Gasteiger partial charge on any atom is -0.394 e. The summed E-state index contributed by atoms with van der Waals surface area (Å²) < 4.78 is 4.58. The Kier molecular flexibility index (Phi) is 6.05. The molecule has 1 aliphatic heterocycles. The minimum absolute atomic E-state index is 0. The molecule has 0 amide bonds. The minimum atomic E-state index is -1.57. The third-order valence-corrected chi connectivity index (χ3v) is 1.87. The number of rotatable bonds is 1. The van der Waals surface area contributed by atoms with E-state index in [-0.39, 0.29) is 32.7 Å². The van der Waals surface area contributed by atoms with Crippen LogP contribution in [0.2, 0.25) is 0 Å². The molecule has 0 aromatic carbocycles. The van der Waals surface area contributed by atoms with Gasteiger partial charge in [0.25, 0.3) is 0 Å². The van der Waals surface area contributed by atoms with Crippen LogP contribution in [-0.2, 0) is 37.4 Å². The average Bonchev–Trinajstić information content (AvgIpc) is 2.08. The van der Waals surface area contributed by atoms with Gasteiger partial charge in [-0.15, -0.1) is 0 Å². The van der Waals surface area contributed by atoms with Crippen molar-refractivity contribution in [3.8, 4) is 0 Å². The number of aliphatic hydroxyl groups is 5. The Morgan fingerprint density at radius 3 is 1.92 bits per heavy atom. The molecule has 0 aliphatic carbocycles. The van der Waals surface area contributed by atoms with Gasteiger partial charge in [-0.2, -0.15) is 0 Å². The summed E-state index contributed by atoms with van der Waals surface area (Å²) >= 11 is 0. The van der Waals surface area contributed by atoms with E-state index in [0.717, 1.165) is 0 Å². The van der Waals surface area contributed by atoms with Gasteiger partial charge in [0.1, 0.15) is 24.4 Å². The molecule has 6 nitrogen and oxygen atoms in total. The third kappa shape index (κ3) is 2.90. The topological polar surface area (TPSA) is 110 Å². The number of aliphatic hydroxyl groups excluding tert-OH is 5. The van der Waals surface area contributed by atoms with Crippen molar-refractivity contribution in [1.82, 2.24) is 0 Å². The van der Waals surface area contributed by atoms with Crippen LogP contribution in [0.1, 0.15) is 0 Å². The van der Waals surface area contributed by atoms with Gasteiger partial charge in [-0.05, 0) is 0 Å². The first-order chi connectivity index (χ1) is 5.57. The Morgan fingerprint density at radius 2 is 1.46 bits per heavy atom. The van der Waals surface area contributed by atoms with E-state index >= 15 is 0 Å². The van der Waals surface area contributed by atoms with E-state index in [1.807, 2.05) is 0 Å². The smallest absolute Gasteiger partial charge is 0.184 e. The number of hydrogen-bond donors (Lipinski definition) is 5. The first-order valence-corrected chi connectivity index (χ1v) is 3.56. The maximum absolute atomic E-state index is 9.12. The molecular weight excluding hydrogens is 257 g/mol. The third-order valence-electron chi connectivity index (χ3n) is 1.87. The summed E-state index contributed by atoms with van der Waals surface area (Å²) in [7, 11) is 0. The van der Waals surface area contributed by atoms with E-state index < -0.39 is 37.3 Å². The molecule has 0 saturated carbocycles. The van der Waals surface area contributed by atoms with Crippen LogP contribution in [0.15, 0.2) is 0 Å². The molecule has 0 spiro atoms. The van der Waals surface area contributed by atoms with E-state index in [1.165, 1.54) is 0 Å². The van der Waals surface area contributed by atoms with Crippen LogP contribution in [0.3, 0.4) is 0 Å². The van der Waals surface area contributed by atoms with Crippen LogP contribution >= 0.6 is 0 Å². The van der Waals surface area contributed by atoms with Gasteiger partial charge in [-0.25, -0.2) is 0 Å². The predicted octanol–water partition coefficient (Wildman–Crippen LogP) is -3.22. The maximum atomic E-state index is 9.12. The largest absolute Gasteiger partial charge is 0.394 e. The molecule has 1 heterocycles. The molecule has 0 aromatic rings. The summed E-state index contributed by atoms with van der Waals surface area (Å²) in [5.74, 6) is 0. The van der Waals surface area contributed by atoms with Gasteiger partial charge in [0.05, 0.1) is 6.61 Å². The fraction of sp³-hybridized carbons (Fsp3) is 1.00. The predicted molar refractivity (Wildman–Crippen MR) is 36.0 cm³/mol. The zero-order chi connectivity index (χ0) is 9.30. The molecule has 75 valence electrons. The van der Waals surface area contributed by atoms with Crippen molar-refractivity contribution in [3.63, 3.8) is 0 Å². The Morgan fingerprint density at radius 1 is 0.923 bits per heavy atom. The van der Waals surface area contributed by atoms with Crippen molar-refractivity contribution in [2.75, 3.05) is 6.61 Å². The van der Waals surface area contributed by atoms with Gasteiger partial charge in [0.15, 0.2) is 6.29 Å². The number of ether oxygens (including phenoxy) is 1. The molecule has 5 N–H and O–H groups in total. The second kappa shape index (κ2) is 5.67. The quantitative estimate of drug-likeness (QED) is 0.342. The van der Waals surface area contributed by atoms with Gasteiger partial charge in [0, 0.05) is 32.7 Å². The molecule has 1 fully saturated rings. The molecule has 13 heavy (non-hydrogen) atoms. The average molecular weight is 269 g/mol. The van der Waals surface area contributed by atoms with E-state index in [9.17, 15) is 0 Å². The van der Waals surface area contributed by atoms with E-state index in [4.69, 9.17) is 25.5 Å². The summed E-state index contributed by atoms with van der Waals surface area (Å²) in [5, 5.41) is 44.7. The van der Waals surface area contributed by atoms with Crippen molar-refractivity contribution in [3.05, 3.63) is 0 Å². The molecule has 0 aromatic heterocycles. The molecule has 5 atom stereocenters. The van der Waals surface area contributed by atoms with Crippen molar-refractivity contribution in [1.29, 1.82) is 0 Å². The van der Waals surface area contributed by atoms with Crippen LogP contribution in [0.5, 0.6) is 0 Å². The summed E-state index contributed by atoms with van der Waals surface area (Å²) in [6.45, 7) is -0.526. The van der Waals surface area contributed by atoms with Crippen molar-refractivity contribution in [2.45, 2.75) is 30.7 Å². The summed E-state index contributed by atoms with van der Waals surface area (Å²) in [4.78, 5) is 0. The standard InChI is InChI=1S/C6H12O6.Y/c7-1-2-3(8)4(9)5(10)6(11)12-2;/h2-11H,1H2;. The van der Waals surface area contributed by atoms with Gasteiger partial charge in [-0.1, -0.05) is 0 Å². The molecule has 1 radical (unpaired) electrons.